The fourth-order valence-electron chi connectivity index (χ4n) is 4.95. The van der Waals surface area contributed by atoms with Gasteiger partial charge in [0.25, 0.3) is 0 Å². The molecule has 3 rings (SSSR count). The molecule has 0 spiro atoms. The van der Waals surface area contributed by atoms with Crippen LogP contribution in [0.3, 0.4) is 0 Å². The summed E-state index contributed by atoms with van der Waals surface area (Å²) in [6.45, 7) is 5.54. The van der Waals surface area contributed by atoms with Crippen LogP contribution >= 0.6 is 0 Å². The zero-order valence-corrected chi connectivity index (χ0v) is 27.6. The van der Waals surface area contributed by atoms with Gasteiger partial charge in [-0.1, -0.05) is 69.4 Å². The summed E-state index contributed by atoms with van der Waals surface area (Å²) in [5.41, 5.74) is 8.07. The Hall–Kier alpha value is -4.39. The lowest BCUT2D eigenvalue weighted by Crippen LogP contribution is -2.49. The highest BCUT2D eigenvalue weighted by atomic mass is 17.7. The van der Waals surface area contributed by atoms with Crippen molar-refractivity contribution in [3.8, 4) is 6.19 Å². The van der Waals surface area contributed by atoms with Gasteiger partial charge in [0.05, 0.1) is 25.5 Å². The molecular formula is C34H48N6O8. The lowest BCUT2D eigenvalue weighted by Gasteiger charge is -2.32. The monoisotopic (exact) mass is 668 g/mol. The molecule has 1 aliphatic rings. The quantitative estimate of drug-likeness (QED) is 0.0239. The smallest absolute Gasteiger partial charge is 0.327 e. The minimum atomic E-state index is -0.820. The highest BCUT2D eigenvalue weighted by Gasteiger charge is 2.23. The van der Waals surface area contributed by atoms with Crippen LogP contribution in [0.5, 0.6) is 0 Å². The van der Waals surface area contributed by atoms with E-state index in [0.29, 0.717) is 23.5 Å². The summed E-state index contributed by atoms with van der Waals surface area (Å²) in [6, 6.07) is 15.1. The maximum atomic E-state index is 12.6. The second kappa shape index (κ2) is 23.9. The number of hydrogen-bond acceptors (Lipinski definition) is 12. The molecule has 0 radical (unpaired) electrons. The number of nitrogens with one attached hydrogen (secondary N) is 4. The van der Waals surface area contributed by atoms with Gasteiger partial charge in [-0.3, -0.25) is 30.7 Å². The molecule has 14 nitrogen and oxygen atoms in total. The summed E-state index contributed by atoms with van der Waals surface area (Å²) in [5.74, 6) is -1.54. The van der Waals surface area contributed by atoms with Gasteiger partial charge in [-0.25, -0.2) is 4.89 Å². The molecule has 1 saturated heterocycles. The number of carbonyl (C=O) groups is 2. The van der Waals surface area contributed by atoms with Crippen molar-refractivity contribution in [2.24, 2.45) is 0 Å². The Labute approximate surface area is 282 Å². The highest BCUT2D eigenvalue weighted by Crippen LogP contribution is 2.21. The molecule has 0 aromatic heterocycles. The van der Waals surface area contributed by atoms with Crippen LogP contribution in [0.15, 0.2) is 61.1 Å². The zero-order valence-electron chi connectivity index (χ0n) is 27.6. The summed E-state index contributed by atoms with van der Waals surface area (Å²) in [4.78, 5) is 36.9. The third kappa shape index (κ3) is 15.9. The van der Waals surface area contributed by atoms with E-state index in [0.717, 1.165) is 45.3 Å². The molecule has 0 bridgehead atoms. The molecule has 2 amide bonds. The van der Waals surface area contributed by atoms with E-state index in [-0.39, 0.29) is 25.9 Å². The lowest BCUT2D eigenvalue weighted by atomic mass is 10.0. The van der Waals surface area contributed by atoms with Crippen molar-refractivity contribution in [2.75, 3.05) is 43.7 Å². The van der Waals surface area contributed by atoms with Crippen LogP contribution in [0.1, 0.15) is 69.4 Å². The van der Waals surface area contributed by atoms with Crippen LogP contribution in [-0.4, -0.2) is 55.7 Å². The van der Waals surface area contributed by atoms with Gasteiger partial charge in [-0.2, -0.15) is 5.26 Å². The van der Waals surface area contributed by atoms with Gasteiger partial charge >= 0.3 is 11.8 Å². The van der Waals surface area contributed by atoms with Crippen molar-refractivity contribution in [1.29, 1.82) is 5.26 Å². The number of amides is 2. The van der Waals surface area contributed by atoms with Gasteiger partial charge in [0.2, 0.25) is 0 Å². The second-order valence-electron chi connectivity index (χ2n) is 11.2. The number of carbonyl (C=O) groups excluding carboxylic acids is 2. The van der Waals surface area contributed by atoms with Crippen molar-refractivity contribution in [2.45, 2.75) is 77.5 Å². The summed E-state index contributed by atoms with van der Waals surface area (Å²) in [7, 11) is 0. The Bertz CT molecular complexity index is 1270. The molecule has 262 valence electrons. The number of rotatable bonds is 23. The first-order valence-electron chi connectivity index (χ1n) is 16.5. The van der Waals surface area contributed by atoms with E-state index in [1.54, 1.807) is 18.2 Å². The molecule has 1 aliphatic heterocycles. The van der Waals surface area contributed by atoms with E-state index in [4.69, 9.17) is 19.6 Å². The highest BCUT2D eigenvalue weighted by molar-refractivity contribution is 6.35. The number of likely N-dealkylation sites (tertiary alicyclic amines) is 1. The van der Waals surface area contributed by atoms with Gasteiger partial charge in [0.1, 0.15) is 12.9 Å². The number of hydrogen-bond donors (Lipinski definition) is 4. The normalized spacial score (nSPS) is 13.5. The van der Waals surface area contributed by atoms with Crippen LogP contribution in [0.25, 0.3) is 0 Å². The average molecular weight is 669 g/mol. The molecule has 4 N–H and O–H groups in total. The lowest BCUT2D eigenvalue weighted by molar-refractivity contribution is -0.622. The number of benzene rings is 2. The number of nitriles is 1. The van der Waals surface area contributed by atoms with Crippen molar-refractivity contribution in [3.63, 3.8) is 0 Å². The number of piperidine rings is 1. The van der Waals surface area contributed by atoms with Crippen LogP contribution in [0.2, 0.25) is 0 Å². The number of unbranched alkanes of at least 4 members (excludes halogenated alkanes) is 5. The first kappa shape index (κ1) is 38.1. The fourth-order valence-corrected chi connectivity index (χ4v) is 4.95. The fraction of sp³-hybridized carbons (Fsp3) is 0.500. The molecule has 14 heteroatoms. The van der Waals surface area contributed by atoms with Crippen LogP contribution in [0, 0.1) is 11.5 Å². The molecular weight excluding hydrogens is 620 g/mol. The van der Waals surface area contributed by atoms with Crippen molar-refractivity contribution < 1.29 is 38.9 Å². The molecule has 2 aromatic carbocycles. The van der Waals surface area contributed by atoms with E-state index in [9.17, 15) is 9.59 Å². The standard InChI is InChI=1S/C34H48N6O8/c1-2-3-4-5-6-10-19-43-20-22-45-47-48-46-23-21-44-26-29-24-31(36-27-35)13-14-32(29)38-39-34(42)33(41)37-30-15-17-40(18-16-30)25-28-11-8-7-9-12-28/h7-9,11-14,20,22,24,30,36,38H,2-6,10,15-19,21,23,25-26H2,1H3,(H,37,41)(H,39,42). The number of nitrogens with zero attached hydrogens (tertiary/aromatic N) is 2. The molecule has 0 aliphatic carbocycles. The van der Waals surface area contributed by atoms with E-state index in [1.807, 2.05) is 24.4 Å². The maximum absolute atomic E-state index is 12.6. The first-order chi connectivity index (χ1) is 23.6. The SMILES string of the molecule is CCCCCCCCOC=COOOOCCOCc1cc(NC#N)ccc1NNC(=O)C(=O)NC1CCN(Cc2ccccc2)CC1. The third-order valence-electron chi connectivity index (χ3n) is 7.50. The molecule has 1 heterocycles. The summed E-state index contributed by atoms with van der Waals surface area (Å²) >= 11 is 0. The third-order valence-corrected chi connectivity index (χ3v) is 7.50. The van der Waals surface area contributed by atoms with Gasteiger partial charge in [0, 0.05) is 42.0 Å². The van der Waals surface area contributed by atoms with Crippen molar-refractivity contribution in [3.05, 3.63) is 72.2 Å². The second-order valence-corrected chi connectivity index (χ2v) is 11.2. The molecule has 2 aromatic rings. The number of ether oxygens (including phenoxy) is 2. The Morgan fingerprint density at radius 1 is 0.938 bits per heavy atom. The predicted molar refractivity (Wildman–Crippen MR) is 178 cm³/mol. The van der Waals surface area contributed by atoms with Gasteiger partial charge in [-0.05, 0) is 48.1 Å². The molecule has 0 atom stereocenters. The van der Waals surface area contributed by atoms with Crippen LogP contribution in [-0.2, 0) is 52.1 Å². The Morgan fingerprint density at radius 3 is 2.52 bits per heavy atom. The maximum Gasteiger partial charge on any atom is 0.327 e. The summed E-state index contributed by atoms with van der Waals surface area (Å²) < 4.78 is 10.9. The largest absolute Gasteiger partial charge is 0.498 e. The number of hydrazine groups is 1. The number of anilines is 2. The van der Waals surface area contributed by atoms with Crippen LogP contribution in [0.4, 0.5) is 11.4 Å². The summed E-state index contributed by atoms with van der Waals surface area (Å²) in [5, 5.41) is 23.2. The Morgan fingerprint density at radius 2 is 1.73 bits per heavy atom. The average Bonchev–Trinajstić information content (AvgIpc) is 3.10. The van der Waals surface area contributed by atoms with E-state index >= 15 is 0 Å². The molecule has 1 fully saturated rings. The Kier molecular flexibility index (Phi) is 18.9. The molecule has 48 heavy (non-hydrogen) atoms. The van der Waals surface area contributed by atoms with Crippen molar-refractivity contribution in [1.82, 2.24) is 15.6 Å². The van der Waals surface area contributed by atoms with Crippen LogP contribution < -0.4 is 21.5 Å². The predicted octanol–water partition coefficient (Wildman–Crippen LogP) is 4.98. The molecule has 0 unspecified atom stereocenters. The first-order valence-corrected chi connectivity index (χ1v) is 16.5. The Balaban J connectivity index is 1.29. The van der Waals surface area contributed by atoms with Gasteiger partial charge in [0.15, 0.2) is 12.5 Å². The van der Waals surface area contributed by atoms with E-state index in [2.05, 4.69) is 60.4 Å². The summed E-state index contributed by atoms with van der Waals surface area (Å²) in [6.07, 6.45) is 13.0. The minimum absolute atomic E-state index is 0.0165. The molecule has 0 saturated carbocycles. The van der Waals surface area contributed by atoms with Crippen molar-refractivity contribution >= 4 is 23.2 Å². The topological polar surface area (TPSA) is 165 Å². The van der Waals surface area contributed by atoms with Gasteiger partial charge < -0.3 is 19.7 Å². The minimum Gasteiger partial charge on any atom is -0.498 e. The van der Waals surface area contributed by atoms with E-state index in [1.165, 1.54) is 43.8 Å². The van der Waals surface area contributed by atoms with E-state index < -0.39 is 11.8 Å². The zero-order chi connectivity index (χ0) is 34.1. The van der Waals surface area contributed by atoms with Gasteiger partial charge in [-0.15, -0.1) is 0 Å².